The van der Waals surface area contributed by atoms with E-state index in [1.54, 1.807) is 6.21 Å². The maximum atomic E-state index is 9.96. The Kier molecular flexibility index (Phi) is 3.47. The van der Waals surface area contributed by atoms with Crippen LogP contribution in [-0.4, -0.2) is 11.3 Å². The molecule has 0 heterocycles. The van der Waals surface area contributed by atoms with Gasteiger partial charge >= 0.3 is 0 Å². The Bertz CT molecular complexity index is 600. The van der Waals surface area contributed by atoms with Gasteiger partial charge in [-0.25, -0.2) is 0 Å². The molecule has 0 atom stereocenters. The summed E-state index contributed by atoms with van der Waals surface area (Å²) in [5.74, 6) is 0.303. The maximum Gasteiger partial charge on any atom is 0.127 e. The first-order valence-corrected chi connectivity index (χ1v) is 5.97. The smallest absolute Gasteiger partial charge is 0.127 e. The lowest BCUT2D eigenvalue weighted by Crippen LogP contribution is -1.87. The van der Waals surface area contributed by atoms with Gasteiger partial charge in [-0.3, -0.25) is 4.99 Å². The summed E-state index contributed by atoms with van der Waals surface area (Å²) >= 11 is 0. The zero-order valence-electron chi connectivity index (χ0n) is 10.9. The molecule has 0 aliphatic heterocycles. The number of aliphatic imine (C=N–C) groups is 1. The number of phenols is 1. The molecule has 2 aromatic carbocycles. The number of phenolic OH excluding ortho intramolecular Hbond substituents is 1. The molecule has 2 nitrogen and oxygen atoms in total. The molecule has 0 amide bonds. The second-order valence-corrected chi connectivity index (χ2v) is 4.62. The number of aromatic hydroxyl groups is 1. The molecule has 0 aliphatic carbocycles. The van der Waals surface area contributed by atoms with Gasteiger partial charge in [0.05, 0.1) is 5.69 Å². The highest BCUT2D eigenvalue weighted by Crippen LogP contribution is 2.23. The normalized spacial score (nSPS) is 11.1. The van der Waals surface area contributed by atoms with Gasteiger partial charge in [-0.1, -0.05) is 18.2 Å². The molecule has 0 aliphatic rings. The molecule has 0 aromatic heterocycles. The van der Waals surface area contributed by atoms with Crippen molar-refractivity contribution in [2.75, 3.05) is 0 Å². The summed E-state index contributed by atoms with van der Waals surface area (Å²) in [6, 6.07) is 11.9. The van der Waals surface area contributed by atoms with Crippen molar-refractivity contribution in [3.63, 3.8) is 0 Å². The van der Waals surface area contributed by atoms with Crippen LogP contribution in [0.1, 0.15) is 22.3 Å². The average molecular weight is 239 g/mol. The fourth-order valence-corrected chi connectivity index (χ4v) is 1.94. The highest BCUT2D eigenvalue weighted by Gasteiger charge is 2.03. The highest BCUT2D eigenvalue weighted by atomic mass is 16.3. The van der Waals surface area contributed by atoms with Crippen molar-refractivity contribution < 1.29 is 5.11 Å². The molecular weight excluding hydrogens is 222 g/mol. The third kappa shape index (κ3) is 2.77. The Balaban J connectivity index is 2.34. The molecule has 2 heteroatoms. The Morgan fingerprint density at radius 3 is 2.50 bits per heavy atom. The van der Waals surface area contributed by atoms with Crippen LogP contribution < -0.4 is 0 Å². The molecule has 0 radical (unpaired) electrons. The summed E-state index contributed by atoms with van der Waals surface area (Å²) in [7, 11) is 0. The van der Waals surface area contributed by atoms with Crippen molar-refractivity contribution in [2.24, 2.45) is 4.99 Å². The first kappa shape index (κ1) is 12.4. The molecule has 92 valence electrons. The summed E-state index contributed by atoms with van der Waals surface area (Å²) in [5, 5.41) is 9.96. The van der Waals surface area contributed by atoms with E-state index in [1.165, 1.54) is 5.56 Å². The molecule has 1 N–H and O–H groups in total. The Morgan fingerprint density at radius 1 is 1.00 bits per heavy atom. The van der Waals surface area contributed by atoms with Crippen LogP contribution in [0.15, 0.2) is 41.4 Å². The number of rotatable bonds is 2. The van der Waals surface area contributed by atoms with Crippen molar-refractivity contribution in [3.05, 3.63) is 58.7 Å². The molecule has 0 bridgehead atoms. The number of hydrogen-bond acceptors (Lipinski definition) is 2. The molecule has 0 spiro atoms. The number of benzene rings is 2. The van der Waals surface area contributed by atoms with Crippen LogP contribution in [0, 0.1) is 20.8 Å². The van der Waals surface area contributed by atoms with E-state index in [0.29, 0.717) is 5.75 Å². The summed E-state index contributed by atoms with van der Waals surface area (Å²) in [4.78, 5) is 4.40. The predicted molar refractivity (Wildman–Crippen MR) is 76.0 cm³/mol. The molecule has 2 rings (SSSR count). The third-order valence-electron chi connectivity index (χ3n) is 2.83. The molecule has 0 fully saturated rings. The molecular formula is C16H17NO. The van der Waals surface area contributed by atoms with Crippen LogP contribution in [0.5, 0.6) is 5.75 Å². The van der Waals surface area contributed by atoms with Crippen LogP contribution in [-0.2, 0) is 0 Å². The second kappa shape index (κ2) is 5.05. The summed E-state index contributed by atoms with van der Waals surface area (Å²) < 4.78 is 0. The number of hydrogen-bond donors (Lipinski definition) is 1. The fraction of sp³-hybridized carbons (Fsp3) is 0.188. The van der Waals surface area contributed by atoms with Crippen LogP contribution in [0.4, 0.5) is 5.69 Å². The quantitative estimate of drug-likeness (QED) is 0.787. The van der Waals surface area contributed by atoms with E-state index < -0.39 is 0 Å². The van der Waals surface area contributed by atoms with Crippen molar-refractivity contribution in [1.29, 1.82) is 0 Å². The van der Waals surface area contributed by atoms with Gasteiger partial charge in [-0.2, -0.15) is 0 Å². The lowest BCUT2D eigenvalue weighted by atomic mass is 10.1. The minimum Gasteiger partial charge on any atom is -0.507 e. The van der Waals surface area contributed by atoms with E-state index in [4.69, 9.17) is 0 Å². The lowest BCUT2D eigenvalue weighted by molar-refractivity contribution is 0.470. The highest BCUT2D eigenvalue weighted by molar-refractivity contribution is 5.86. The Morgan fingerprint density at radius 2 is 1.78 bits per heavy atom. The van der Waals surface area contributed by atoms with Crippen LogP contribution in [0.2, 0.25) is 0 Å². The average Bonchev–Trinajstić information content (AvgIpc) is 2.32. The topological polar surface area (TPSA) is 32.6 Å². The first-order chi connectivity index (χ1) is 8.56. The summed E-state index contributed by atoms with van der Waals surface area (Å²) in [6.07, 6.45) is 1.71. The predicted octanol–water partition coefficient (Wildman–Crippen LogP) is 4.07. The van der Waals surface area contributed by atoms with E-state index in [0.717, 1.165) is 22.4 Å². The van der Waals surface area contributed by atoms with E-state index in [9.17, 15) is 5.11 Å². The van der Waals surface area contributed by atoms with Gasteiger partial charge in [0, 0.05) is 11.8 Å². The van der Waals surface area contributed by atoms with Gasteiger partial charge in [0.1, 0.15) is 5.75 Å². The van der Waals surface area contributed by atoms with E-state index in [1.807, 2.05) is 57.2 Å². The standard InChI is InChI=1S/C16H17NO/c1-11-5-4-6-15(9-11)17-10-14-8-12(2)7-13(3)16(14)18/h4-10,18H,1-3H3. The number of nitrogens with zero attached hydrogens (tertiary/aromatic N) is 1. The molecule has 2 aromatic rings. The van der Waals surface area contributed by atoms with Crippen LogP contribution >= 0.6 is 0 Å². The van der Waals surface area contributed by atoms with Gasteiger partial charge in [-0.15, -0.1) is 0 Å². The van der Waals surface area contributed by atoms with Crippen molar-refractivity contribution in [3.8, 4) is 5.75 Å². The van der Waals surface area contributed by atoms with Crippen LogP contribution in [0.25, 0.3) is 0 Å². The van der Waals surface area contributed by atoms with Gasteiger partial charge in [0.15, 0.2) is 0 Å². The lowest BCUT2D eigenvalue weighted by Gasteiger charge is -2.04. The van der Waals surface area contributed by atoms with Crippen LogP contribution in [0.3, 0.4) is 0 Å². The van der Waals surface area contributed by atoms with E-state index in [2.05, 4.69) is 4.99 Å². The van der Waals surface area contributed by atoms with Crippen molar-refractivity contribution in [2.45, 2.75) is 20.8 Å². The van der Waals surface area contributed by atoms with Gasteiger partial charge in [0.25, 0.3) is 0 Å². The summed E-state index contributed by atoms with van der Waals surface area (Å²) in [6.45, 7) is 5.94. The fourth-order valence-electron chi connectivity index (χ4n) is 1.94. The maximum absolute atomic E-state index is 9.96. The minimum absolute atomic E-state index is 0.303. The van der Waals surface area contributed by atoms with Gasteiger partial charge in [-0.05, 0) is 55.7 Å². The first-order valence-electron chi connectivity index (χ1n) is 5.97. The molecule has 0 saturated heterocycles. The molecule has 0 saturated carbocycles. The van der Waals surface area contributed by atoms with E-state index >= 15 is 0 Å². The van der Waals surface area contributed by atoms with Gasteiger partial charge in [0.2, 0.25) is 0 Å². The Labute approximate surface area is 108 Å². The second-order valence-electron chi connectivity index (χ2n) is 4.62. The van der Waals surface area contributed by atoms with Crippen molar-refractivity contribution >= 4 is 11.9 Å². The SMILES string of the molecule is Cc1cccc(N=Cc2cc(C)cc(C)c2O)c1. The zero-order chi connectivity index (χ0) is 13.1. The number of aryl methyl sites for hydroxylation is 3. The van der Waals surface area contributed by atoms with Gasteiger partial charge < -0.3 is 5.11 Å². The van der Waals surface area contributed by atoms with Crippen molar-refractivity contribution in [1.82, 2.24) is 0 Å². The Hall–Kier alpha value is -2.09. The molecule has 18 heavy (non-hydrogen) atoms. The minimum atomic E-state index is 0.303. The third-order valence-corrected chi connectivity index (χ3v) is 2.83. The largest absolute Gasteiger partial charge is 0.507 e. The zero-order valence-corrected chi connectivity index (χ0v) is 10.9. The molecule has 0 unspecified atom stereocenters. The monoisotopic (exact) mass is 239 g/mol. The summed E-state index contributed by atoms with van der Waals surface area (Å²) in [5.41, 5.74) is 4.83. The van der Waals surface area contributed by atoms with E-state index in [-0.39, 0.29) is 0 Å².